The third kappa shape index (κ3) is 6.17. The summed E-state index contributed by atoms with van der Waals surface area (Å²) in [6.45, 7) is 4.10. The Kier molecular flexibility index (Phi) is 8.04. The first-order valence-corrected chi connectivity index (χ1v) is 11.2. The highest BCUT2D eigenvalue weighted by Gasteiger charge is 2.36. The normalized spacial score (nSPS) is 20.7. The molecule has 0 spiro atoms. The molecule has 1 aromatic carbocycles. The van der Waals surface area contributed by atoms with Crippen molar-refractivity contribution in [3.05, 3.63) is 29.8 Å². The van der Waals surface area contributed by atoms with Crippen molar-refractivity contribution in [2.45, 2.75) is 38.3 Å². The minimum Gasteiger partial charge on any atom is -0.497 e. The first kappa shape index (κ1) is 23.2. The average molecular weight is 427 g/mol. The molecule has 0 saturated heterocycles. The standard InChI is InChI=1S/C20H30N2O6S/c1-13(2)17-19(26-4)22-18(20(21-17)27-5)16(11-12-28-29(6,23)24)14-7-9-15(25-3)10-8-14/h7-10,13,16-18H,11-12H2,1-6H3. The number of aliphatic imine (C=N–C) groups is 2. The summed E-state index contributed by atoms with van der Waals surface area (Å²) in [6, 6.07) is 6.87. The van der Waals surface area contributed by atoms with Gasteiger partial charge in [-0.3, -0.25) is 4.18 Å². The maximum absolute atomic E-state index is 11.4. The Balaban J connectivity index is 2.41. The lowest BCUT2D eigenvalue weighted by Gasteiger charge is -2.31. The van der Waals surface area contributed by atoms with Gasteiger partial charge in [-0.25, -0.2) is 9.98 Å². The predicted molar refractivity (Wildman–Crippen MR) is 112 cm³/mol. The number of benzene rings is 1. The number of hydrogen-bond acceptors (Lipinski definition) is 8. The maximum atomic E-state index is 11.4. The third-order valence-electron chi connectivity index (χ3n) is 4.74. The number of rotatable bonds is 8. The fourth-order valence-corrected chi connectivity index (χ4v) is 3.66. The monoisotopic (exact) mass is 426 g/mol. The highest BCUT2D eigenvalue weighted by Crippen LogP contribution is 2.32. The fourth-order valence-electron chi connectivity index (χ4n) is 3.26. The predicted octanol–water partition coefficient (Wildman–Crippen LogP) is 2.64. The van der Waals surface area contributed by atoms with Gasteiger partial charge in [0.05, 0.1) is 34.2 Å². The second kappa shape index (κ2) is 10.1. The molecule has 0 N–H and O–H groups in total. The van der Waals surface area contributed by atoms with Gasteiger partial charge in [0.25, 0.3) is 10.1 Å². The molecule has 3 atom stereocenters. The van der Waals surface area contributed by atoms with Crippen molar-refractivity contribution in [1.82, 2.24) is 0 Å². The minimum atomic E-state index is -3.54. The molecule has 2 rings (SSSR count). The van der Waals surface area contributed by atoms with Crippen LogP contribution in [0.2, 0.25) is 0 Å². The van der Waals surface area contributed by atoms with E-state index in [0.717, 1.165) is 17.6 Å². The summed E-state index contributed by atoms with van der Waals surface area (Å²) in [5.74, 6) is 1.72. The Morgan fingerprint density at radius 2 is 1.48 bits per heavy atom. The molecule has 162 valence electrons. The molecule has 0 bridgehead atoms. The van der Waals surface area contributed by atoms with Crippen LogP contribution in [0.1, 0.15) is 31.7 Å². The molecule has 0 saturated carbocycles. The molecular weight excluding hydrogens is 396 g/mol. The third-order valence-corrected chi connectivity index (χ3v) is 5.33. The van der Waals surface area contributed by atoms with Crippen molar-refractivity contribution in [2.75, 3.05) is 34.2 Å². The Labute approximate surface area is 173 Å². The Hall–Kier alpha value is -2.13. The van der Waals surface area contributed by atoms with E-state index in [1.807, 2.05) is 38.1 Å². The van der Waals surface area contributed by atoms with Gasteiger partial charge < -0.3 is 14.2 Å². The maximum Gasteiger partial charge on any atom is 0.264 e. The first-order valence-electron chi connectivity index (χ1n) is 9.41. The molecule has 9 heteroatoms. The van der Waals surface area contributed by atoms with Gasteiger partial charge >= 0.3 is 0 Å². The summed E-state index contributed by atoms with van der Waals surface area (Å²) < 4.78 is 44.1. The van der Waals surface area contributed by atoms with E-state index in [0.29, 0.717) is 18.2 Å². The van der Waals surface area contributed by atoms with Gasteiger partial charge in [0, 0.05) is 5.92 Å². The van der Waals surface area contributed by atoms with E-state index in [4.69, 9.17) is 28.4 Å². The highest BCUT2D eigenvalue weighted by atomic mass is 32.2. The molecule has 1 aliphatic heterocycles. The lowest BCUT2D eigenvalue weighted by molar-refractivity contribution is 0.286. The minimum absolute atomic E-state index is 0.0223. The van der Waals surface area contributed by atoms with Crippen LogP contribution in [0.4, 0.5) is 0 Å². The van der Waals surface area contributed by atoms with Crippen molar-refractivity contribution >= 4 is 21.9 Å². The quantitative estimate of drug-likeness (QED) is 0.593. The molecule has 0 aromatic heterocycles. The van der Waals surface area contributed by atoms with Crippen LogP contribution >= 0.6 is 0 Å². The number of ether oxygens (including phenoxy) is 3. The zero-order valence-electron chi connectivity index (χ0n) is 17.8. The molecule has 1 aromatic rings. The summed E-state index contributed by atoms with van der Waals surface area (Å²) in [5.41, 5.74) is 0.944. The number of hydrogen-bond donors (Lipinski definition) is 0. The zero-order chi connectivity index (χ0) is 21.6. The van der Waals surface area contributed by atoms with Gasteiger partial charge in [0.15, 0.2) is 0 Å². The lowest BCUT2D eigenvalue weighted by Crippen LogP contribution is -2.40. The van der Waals surface area contributed by atoms with Crippen LogP contribution in [0.15, 0.2) is 34.3 Å². The van der Waals surface area contributed by atoms with Crippen LogP contribution in [0.5, 0.6) is 5.75 Å². The van der Waals surface area contributed by atoms with Gasteiger partial charge in [-0.05, 0) is 30.0 Å². The molecule has 8 nitrogen and oxygen atoms in total. The molecule has 0 aliphatic carbocycles. The summed E-state index contributed by atoms with van der Waals surface area (Å²) in [7, 11) is 1.20. The Morgan fingerprint density at radius 3 is 1.97 bits per heavy atom. The molecular formula is C20H30N2O6S. The summed E-state index contributed by atoms with van der Waals surface area (Å²) >= 11 is 0. The van der Waals surface area contributed by atoms with Gasteiger partial charge in [-0.2, -0.15) is 8.42 Å². The largest absolute Gasteiger partial charge is 0.497 e. The van der Waals surface area contributed by atoms with Crippen molar-refractivity contribution in [2.24, 2.45) is 15.9 Å². The van der Waals surface area contributed by atoms with Crippen LogP contribution in [0, 0.1) is 5.92 Å². The Morgan fingerprint density at radius 1 is 0.931 bits per heavy atom. The van der Waals surface area contributed by atoms with E-state index in [1.54, 1.807) is 21.3 Å². The van der Waals surface area contributed by atoms with Gasteiger partial charge in [0.2, 0.25) is 11.8 Å². The fraction of sp³-hybridized carbons (Fsp3) is 0.600. The van der Waals surface area contributed by atoms with E-state index in [-0.39, 0.29) is 24.5 Å². The van der Waals surface area contributed by atoms with E-state index >= 15 is 0 Å². The zero-order valence-corrected chi connectivity index (χ0v) is 18.6. The van der Waals surface area contributed by atoms with Gasteiger partial charge in [-0.1, -0.05) is 26.0 Å². The van der Waals surface area contributed by atoms with Crippen LogP contribution in [0.3, 0.4) is 0 Å². The molecule has 1 heterocycles. The van der Waals surface area contributed by atoms with Crippen LogP contribution < -0.4 is 4.74 Å². The van der Waals surface area contributed by atoms with Gasteiger partial charge in [-0.15, -0.1) is 0 Å². The van der Waals surface area contributed by atoms with Crippen LogP contribution in [-0.4, -0.2) is 66.5 Å². The SMILES string of the molecule is COC1=NC(C(CCOS(C)(=O)=O)c2ccc(OC)cc2)C(OC)=NC1C(C)C. The molecule has 0 fully saturated rings. The van der Waals surface area contributed by atoms with Crippen molar-refractivity contribution < 1.29 is 26.8 Å². The van der Waals surface area contributed by atoms with Crippen molar-refractivity contribution in [1.29, 1.82) is 0 Å². The van der Waals surface area contributed by atoms with Crippen molar-refractivity contribution in [3.8, 4) is 5.75 Å². The lowest BCUT2D eigenvalue weighted by atomic mass is 9.87. The molecule has 1 aliphatic rings. The molecule has 29 heavy (non-hydrogen) atoms. The summed E-state index contributed by atoms with van der Waals surface area (Å²) in [6.07, 6.45) is 1.44. The van der Waals surface area contributed by atoms with Crippen LogP contribution in [0.25, 0.3) is 0 Å². The second-order valence-electron chi connectivity index (χ2n) is 7.17. The van der Waals surface area contributed by atoms with Crippen LogP contribution in [-0.2, 0) is 23.8 Å². The summed E-state index contributed by atoms with van der Waals surface area (Å²) in [4.78, 5) is 9.52. The van der Waals surface area contributed by atoms with E-state index in [9.17, 15) is 8.42 Å². The smallest absolute Gasteiger partial charge is 0.264 e. The van der Waals surface area contributed by atoms with Gasteiger partial charge in [0.1, 0.15) is 17.8 Å². The van der Waals surface area contributed by atoms with Crippen molar-refractivity contribution in [3.63, 3.8) is 0 Å². The molecule has 3 unspecified atom stereocenters. The topological polar surface area (TPSA) is 95.8 Å². The highest BCUT2D eigenvalue weighted by molar-refractivity contribution is 7.85. The van der Waals surface area contributed by atoms with E-state index in [2.05, 4.69) is 0 Å². The second-order valence-corrected chi connectivity index (χ2v) is 8.81. The average Bonchev–Trinajstić information content (AvgIpc) is 2.69. The number of methoxy groups -OCH3 is 3. The molecule has 0 amide bonds. The number of nitrogens with zero attached hydrogens (tertiary/aromatic N) is 2. The summed E-state index contributed by atoms with van der Waals surface area (Å²) in [5, 5.41) is 0. The Bertz CT molecular complexity index is 833. The van der Waals surface area contributed by atoms with E-state index < -0.39 is 16.2 Å². The van der Waals surface area contributed by atoms with E-state index in [1.165, 1.54) is 0 Å². The first-order chi connectivity index (χ1) is 13.7. The molecule has 0 radical (unpaired) electrons.